The van der Waals surface area contributed by atoms with Crippen LogP contribution < -0.4 is 0 Å². The summed E-state index contributed by atoms with van der Waals surface area (Å²) in [4.78, 5) is 2.08. The van der Waals surface area contributed by atoms with Crippen molar-refractivity contribution >= 4 is 9.84 Å². The van der Waals surface area contributed by atoms with Gasteiger partial charge in [0.15, 0.2) is 21.5 Å². The summed E-state index contributed by atoms with van der Waals surface area (Å²) in [5.74, 6) is -1.17. The molecule has 1 aromatic rings. The van der Waals surface area contributed by atoms with Gasteiger partial charge in [-0.2, -0.15) is 0 Å². The lowest BCUT2D eigenvalue weighted by Crippen LogP contribution is -2.31. The molecule has 0 aliphatic carbocycles. The smallest absolute Gasteiger partial charge is 0.159 e. The van der Waals surface area contributed by atoms with Gasteiger partial charge in [-0.15, -0.1) is 0 Å². The number of rotatable bonds is 3. The SMILES string of the molecule is CC1CN(CCc2ccc(F)c(F)c2)CCS(=O)(=O)C1. The van der Waals surface area contributed by atoms with Crippen LogP contribution in [0.5, 0.6) is 0 Å². The first-order valence-corrected chi connectivity index (χ1v) is 8.54. The van der Waals surface area contributed by atoms with Crippen molar-refractivity contribution in [3.8, 4) is 0 Å². The van der Waals surface area contributed by atoms with Crippen LogP contribution in [0.4, 0.5) is 8.78 Å². The zero-order valence-electron chi connectivity index (χ0n) is 11.5. The second-order valence-corrected chi connectivity index (χ2v) is 7.75. The van der Waals surface area contributed by atoms with Crippen LogP contribution in [0.25, 0.3) is 0 Å². The molecule has 0 N–H and O–H groups in total. The summed E-state index contributed by atoms with van der Waals surface area (Å²) >= 11 is 0. The lowest BCUT2D eigenvalue weighted by molar-refractivity contribution is 0.268. The monoisotopic (exact) mass is 303 g/mol. The largest absolute Gasteiger partial charge is 0.302 e. The highest BCUT2D eigenvalue weighted by molar-refractivity contribution is 7.91. The van der Waals surface area contributed by atoms with E-state index in [1.807, 2.05) is 6.92 Å². The highest BCUT2D eigenvalue weighted by Gasteiger charge is 2.23. The Bertz CT molecular complexity index is 575. The van der Waals surface area contributed by atoms with Crippen molar-refractivity contribution < 1.29 is 17.2 Å². The summed E-state index contributed by atoms with van der Waals surface area (Å²) in [6.45, 7) is 3.82. The summed E-state index contributed by atoms with van der Waals surface area (Å²) < 4.78 is 49.3. The van der Waals surface area contributed by atoms with E-state index in [-0.39, 0.29) is 17.4 Å². The van der Waals surface area contributed by atoms with Crippen molar-refractivity contribution in [2.24, 2.45) is 5.92 Å². The summed E-state index contributed by atoms with van der Waals surface area (Å²) in [5.41, 5.74) is 0.726. The van der Waals surface area contributed by atoms with E-state index in [1.165, 1.54) is 6.07 Å². The van der Waals surface area contributed by atoms with Crippen molar-refractivity contribution in [1.29, 1.82) is 0 Å². The molecule has 0 bridgehead atoms. The second kappa shape index (κ2) is 6.18. The van der Waals surface area contributed by atoms with E-state index >= 15 is 0 Å². The van der Waals surface area contributed by atoms with Crippen LogP contribution in [-0.4, -0.2) is 44.5 Å². The molecule has 1 saturated heterocycles. The van der Waals surface area contributed by atoms with E-state index in [1.54, 1.807) is 6.07 Å². The summed E-state index contributed by atoms with van der Waals surface area (Å²) in [6.07, 6.45) is 0.587. The number of sulfone groups is 1. The summed E-state index contributed by atoms with van der Waals surface area (Å²) in [7, 11) is -2.95. The van der Waals surface area contributed by atoms with Gasteiger partial charge in [0.1, 0.15) is 0 Å². The zero-order chi connectivity index (χ0) is 14.8. The maximum atomic E-state index is 13.1. The molecule has 1 aliphatic heterocycles. The first kappa shape index (κ1) is 15.4. The van der Waals surface area contributed by atoms with Crippen LogP contribution in [-0.2, 0) is 16.3 Å². The number of halogens is 2. The lowest BCUT2D eigenvalue weighted by Gasteiger charge is -2.21. The molecule has 0 amide bonds. The van der Waals surface area contributed by atoms with Gasteiger partial charge in [0.25, 0.3) is 0 Å². The third-order valence-corrected chi connectivity index (χ3v) is 5.41. The second-order valence-electron chi connectivity index (χ2n) is 5.52. The highest BCUT2D eigenvalue weighted by atomic mass is 32.2. The van der Waals surface area contributed by atoms with Gasteiger partial charge in [-0.3, -0.25) is 0 Å². The Morgan fingerprint density at radius 1 is 1.30 bits per heavy atom. The van der Waals surface area contributed by atoms with Crippen molar-refractivity contribution in [3.05, 3.63) is 35.4 Å². The minimum atomic E-state index is -2.95. The first-order valence-electron chi connectivity index (χ1n) is 6.72. The fourth-order valence-electron chi connectivity index (χ4n) is 2.56. The van der Waals surface area contributed by atoms with Crippen molar-refractivity contribution in [2.45, 2.75) is 13.3 Å². The molecule has 0 spiro atoms. The van der Waals surface area contributed by atoms with Gasteiger partial charge in [0.2, 0.25) is 0 Å². The van der Waals surface area contributed by atoms with E-state index in [4.69, 9.17) is 0 Å². The van der Waals surface area contributed by atoms with Gasteiger partial charge in [-0.25, -0.2) is 17.2 Å². The maximum Gasteiger partial charge on any atom is 0.159 e. The number of hydrogen-bond acceptors (Lipinski definition) is 3. The molecule has 2 rings (SSSR count). The van der Waals surface area contributed by atoms with Crippen LogP contribution in [0.3, 0.4) is 0 Å². The number of hydrogen-bond donors (Lipinski definition) is 0. The van der Waals surface area contributed by atoms with Crippen LogP contribution in [0.15, 0.2) is 18.2 Å². The van der Waals surface area contributed by atoms with Crippen LogP contribution >= 0.6 is 0 Å². The predicted molar refractivity (Wildman–Crippen MR) is 74.3 cm³/mol. The quantitative estimate of drug-likeness (QED) is 0.855. The maximum absolute atomic E-state index is 13.1. The Hall–Kier alpha value is -1.01. The van der Waals surface area contributed by atoms with Crippen LogP contribution in [0.1, 0.15) is 12.5 Å². The molecular weight excluding hydrogens is 284 g/mol. The van der Waals surface area contributed by atoms with Gasteiger partial charge in [0, 0.05) is 19.6 Å². The molecular formula is C14H19F2NO2S. The number of benzene rings is 1. The molecule has 0 saturated carbocycles. The molecule has 6 heteroatoms. The minimum Gasteiger partial charge on any atom is -0.302 e. The lowest BCUT2D eigenvalue weighted by atomic mass is 10.1. The average Bonchev–Trinajstić information content (AvgIpc) is 2.48. The molecule has 1 heterocycles. The summed E-state index contributed by atoms with van der Waals surface area (Å²) in [5, 5.41) is 0. The Morgan fingerprint density at radius 2 is 2.05 bits per heavy atom. The fourth-order valence-corrected chi connectivity index (χ4v) is 4.23. The normalized spacial score (nSPS) is 23.4. The molecule has 20 heavy (non-hydrogen) atoms. The predicted octanol–water partition coefficient (Wildman–Crippen LogP) is 1.87. The molecule has 1 fully saturated rings. The number of nitrogens with zero attached hydrogens (tertiary/aromatic N) is 1. The Balaban J connectivity index is 1.94. The minimum absolute atomic E-state index is 0.104. The van der Waals surface area contributed by atoms with E-state index in [2.05, 4.69) is 4.90 Å². The Morgan fingerprint density at radius 3 is 2.75 bits per heavy atom. The standard InChI is InChI=1S/C14H19F2NO2S/c1-11-9-17(6-7-20(18,19)10-11)5-4-12-2-3-13(15)14(16)8-12/h2-3,8,11H,4-7,9-10H2,1H3. The van der Waals surface area contributed by atoms with Gasteiger partial charge in [0.05, 0.1) is 11.5 Å². The molecule has 112 valence electrons. The molecule has 0 aromatic heterocycles. The van der Waals surface area contributed by atoms with Gasteiger partial charge in [-0.05, 0) is 30.0 Å². The molecule has 1 aliphatic rings. The fraction of sp³-hybridized carbons (Fsp3) is 0.571. The van der Waals surface area contributed by atoms with Crippen molar-refractivity contribution in [3.63, 3.8) is 0 Å². The molecule has 3 nitrogen and oxygen atoms in total. The van der Waals surface area contributed by atoms with Gasteiger partial charge >= 0.3 is 0 Å². The molecule has 0 radical (unpaired) electrons. The van der Waals surface area contributed by atoms with E-state index in [0.29, 0.717) is 19.5 Å². The molecule has 1 unspecified atom stereocenters. The first-order chi connectivity index (χ1) is 9.35. The van der Waals surface area contributed by atoms with Crippen molar-refractivity contribution in [1.82, 2.24) is 4.90 Å². The third-order valence-electron chi connectivity index (χ3n) is 3.53. The molecule has 1 atom stereocenters. The highest BCUT2D eigenvalue weighted by Crippen LogP contribution is 2.13. The Kier molecular flexibility index (Phi) is 4.75. The average molecular weight is 303 g/mol. The zero-order valence-corrected chi connectivity index (χ0v) is 12.3. The Labute approximate surface area is 118 Å². The van der Waals surface area contributed by atoms with E-state index in [0.717, 1.165) is 18.2 Å². The van der Waals surface area contributed by atoms with Crippen molar-refractivity contribution in [2.75, 3.05) is 31.1 Å². The summed E-state index contributed by atoms with van der Waals surface area (Å²) in [6, 6.07) is 3.89. The van der Waals surface area contributed by atoms with Crippen LogP contribution in [0.2, 0.25) is 0 Å². The topological polar surface area (TPSA) is 37.4 Å². The third kappa shape index (κ3) is 4.24. The van der Waals surface area contributed by atoms with E-state index in [9.17, 15) is 17.2 Å². The molecule has 1 aromatic carbocycles. The van der Waals surface area contributed by atoms with Gasteiger partial charge < -0.3 is 4.90 Å². The van der Waals surface area contributed by atoms with E-state index < -0.39 is 21.5 Å². The van der Waals surface area contributed by atoms with Crippen LogP contribution in [0, 0.1) is 17.6 Å². The van der Waals surface area contributed by atoms with Gasteiger partial charge in [-0.1, -0.05) is 13.0 Å².